The largest absolute Gasteiger partial charge is 0.369 e. The summed E-state index contributed by atoms with van der Waals surface area (Å²) in [6.07, 6.45) is 3.03. The third kappa shape index (κ3) is 3.89. The lowest BCUT2D eigenvalue weighted by atomic mass is 9.99. The summed E-state index contributed by atoms with van der Waals surface area (Å²) in [5.41, 5.74) is 11.6. The number of carbonyl (C=O) groups excluding carboxylic acids is 2. The Morgan fingerprint density at radius 1 is 1.03 bits per heavy atom. The zero-order valence-corrected chi connectivity index (χ0v) is 21.3. The summed E-state index contributed by atoms with van der Waals surface area (Å²) in [5.74, 6) is -0.140. The van der Waals surface area contributed by atoms with Gasteiger partial charge in [-0.2, -0.15) is 5.10 Å². The molecule has 192 valence electrons. The number of aromatic nitrogens is 2. The molecule has 0 radical (unpaired) electrons. The maximum absolute atomic E-state index is 14.0. The lowest BCUT2D eigenvalue weighted by molar-refractivity contribution is 0.0956. The molecular weight excluding hydrogens is 466 g/mol. The predicted molar refractivity (Wildman–Crippen MR) is 145 cm³/mol. The second-order valence-electron chi connectivity index (χ2n) is 10.3. The fourth-order valence-electron chi connectivity index (χ4n) is 6.17. The van der Waals surface area contributed by atoms with Crippen LogP contribution in [0.25, 0.3) is 22.5 Å². The number of ketones is 1. The highest BCUT2D eigenvalue weighted by atomic mass is 16.2. The molecule has 2 unspecified atom stereocenters. The van der Waals surface area contributed by atoms with E-state index in [1.807, 2.05) is 35.3 Å². The number of carbonyl (C=O) groups is 2. The summed E-state index contributed by atoms with van der Waals surface area (Å²) < 4.78 is 0. The first-order valence-electron chi connectivity index (χ1n) is 13.2. The highest BCUT2D eigenvalue weighted by Gasteiger charge is 2.40. The summed E-state index contributed by atoms with van der Waals surface area (Å²) in [7, 11) is 0. The molecule has 2 saturated heterocycles. The van der Waals surface area contributed by atoms with E-state index in [1.54, 1.807) is 0 Å². The molecule has 6 rings (SSSR count). The van der Waals surface area contributed by atoms with E-state index in [4.69, 9.17) is 5.73 Å². The Balaban J connectivity index is 1.37. The van der Waals surface area contributed by atoms with E-state index in [1.165, 1.54) is 5.01 Å². The number of hydrazine groups is 1. The number of amides is 2. The second kappa shape index (κ2) is 9.32. The van der Waals surface area contributed by atoms with Crippen molar-refractivity contribution in [2.75, 3.05) is 36.1 Å². The van der Waals surface area contributed by atoms with Gasteiger partial charge in [0.15, 0.2) is 5.78 Å². The molecule has 9 heteroatoms. The fourth-order valence-corrected chi connectivity index (χ4v) is 6.17. The number of nitrogens with two attached hydrogens (primary N) is 1. The summed E-state index contributed by atoms with van der Waals surface area (Å²) in [6.45, 7) is 8.09. The number of rotatable bonds is 4. The van der Waals surface area contributed by atoms with Crippen LogP contribution in [0.1, 0.15) is 49.0 Å². The standard InChI is InChI=1S/C28H33N7O2/c1-17-5-3-6-18(2)34(17)35(28(29)37)22-8-4-7-21-23(22)27(36)24-25(31-32-26(21)24)19-9-11-20(12-10-19)33-15-13-30-14-16-33/h4,7-12,17-18,30H,3,5-6,13-16H2,1-2H3,(H2,29,37)(H,31,32). The van der Waals surface area contributed by atoms with E-state index in [2.05, 4.69) is 46.4 Å². The lowest BCUT2D eigenvalue weighted by Crippen LogP contribution is -2.58. The summed E-state index contributed by atoms with van der Waals surface area (Å²) in [6, 6.07) is 13.5. The highest BCUT2D eigenvalue weighted by Crippen LogP contribution is 2.45. The first-order chi connectivity index (χ1) is 18.0. The van der Waals surface area contributed by atoms with E-state index in [-0.39, 0.29) is 17.9 Å². The van der Waals surface area contributed by atoms with Gasteiger partial charge in [0.1, 0.15) is 5.69 Å². The Bertz CT molecular complexity index is 1330. The topological polar surface area (TPSA) is 111 Å². The minimum atomic E-state index is -0.584. The molecule has 2 amide bonds. The normalized spacial score (nSPS) is 21.6. The third-order valence-corrected chi connectivity index (χ3v) is 7.97. The van der Waals surface area contributed by atoms with Crippen LogP contribution in [0.15, 0.2) is 42.5 Å². The Morgan fingerprint density at radius 2 is 1.73 bits per heavy atom. The Hall–Kier alpha value is -3.69. The molecule has 1 aromatic heterocycles. The molecule has 9 nitrogen and oxygen atoms in total. The van der Waals surface area contributed by atoms with E-state index < -0.39 is 6.03 Å². The molecule has 0 spiro atoms. The van der Waals surface area contributed by atoms with Crippen molar-refractivity contribution in [3.05, 3.63) is 53.6 Å². The number of nitrogens with zero attached hydrogens (tertiary/aromatic N) is 4. The second-order valence-corrected chi connectivity index (χ2v) is 10.3. The first kappa shape index (κ1) is 23.7. The molecule has 2 fully saturated rings. The van der Waals surface area contributed by atoms with Gasteiger partial charge in [0.2, 0.25) is 0 Å². The minimum Gasteiger partial charge on any atom is -0.369 e. The molecular formula is C28H33N7O2. The van der Waals surface area contributed by atoms with Crippen molar-refractivity contribution < 1.29 is 9.59 Å². The smallest absolute Gasteiger partial charge is 0.334 e. The van der Waals surface area contributed by atoms with Gasteiger partial charge in [-0.3, -0.25) is 9.89 Å². The number of primary amides is 1. The lowest BCUT2D eigenvalue weighted by Gasteiger charge is -2.45. The van der Waals surface area contributed by atoms with E-state index >= 15 is 0 Å². The van der Waals surface area contributed by atoms with Crippen molar-refractivity contribution in [1.29, 1.82) is 0 Å². The molecule has 2 aliphatic heterocycles. The molecule has 4 N–H and O–H groups in total. The maximum atomic E-state index is 14.0. The average molecular weight is 500 g/mol. The zero-order valence-electron chi connectivity index (χ0n) is 21.3. The van der Waals surface area contributed by atoms with Gasteiger partial charge >= 0.3 is 6.03 Å². The van der Waals surface area contributed by atoms with Crippen LogP contribution in [-0.4, -0.2) is 65.3 Å². The van der Waals surface area contributed by atoms with Crippen molar-refractivity contribution in [3.63, 3.8) is 0 Å². The third-order valence-electron chi connectivity index (χ3n) is 7.97. The van der Waals surface area contributed by atoms with Gasteiger partial charge < -0.3 is 16.0 Å². The van der Waals surface area contributed by atoms with Crippen LogP contribution in [-0.2, 0) is 0 Å². The Morgan fingerprint density at radius 3 is 2.41 bits per heavy atom. The zero-order chi connectivity index (χ0) is 25.7. The molecule has 3 heterocycles. The number of hydrogen-bond acceptors (Lipinski definition) is 6. The van der Waals surface area contributed by atoms with Gasteiger partial charge in [-0.25, -0.2) is 14.8 Å². The highest BCUT2D eigenvalue weighted by molar-refractivity contribution is 6.27. The number of urea groups is 1. The van der Waals surface area contributed by atoms with E-state index in [9.17, 15) is 9.59 Å². The van der Waals surface area contributed by atoms with Crippen LogP contribution in [0.2, 0.25) is 0 Å². The monoisotopic (exact) mass is 499 g/mol. The van der Waals surface area contributed by atoms with Gasteiger partial charge in [0.05, 0.1) is 22.5 Å². The van der Waals surface area contributed by atoms with Crippen molar-refractivity contribution in [3.8, 4) is 22.5 Å². The number of nitrogens with one attached hydrogen (secondary N) is 2. The SMILES string of the molecule is CC1CCCC(C)N1N(C(N)=O)c1cccc2c1C(=O)c1c(-c3ccc(N4CCNCC4)cc3)n[nH]c1-2. The minimum absolute atomic E-state index is 0.132. The van der Waals surface area contributed by atoms with Crippen LogP contribution in [0.4, 0.5) is 16.2 Å². The van der Waals surface area contributed by atoms with E-state index in [0.717, 1.165) is 62.3 Å². The van der Waals surface area contributed by atoms with Crippen LogP contribution >= 0.6 is 0 Å². The molecule has 3 aromatic rings. The number of piperidine rings is 1. The quantitative estimate of drug-likeness (QED) is 0.394. The van der Waals surface area contributed by atoms with Crippen molar-refractivity contribution >= 4 is 23.2 Å². The Kier molecular flexibility index (Phi) is 5.97. The van der Waals surface area contributed by atoms with Crippen molar-refractivity contribution in [2.45, 2.75) is 45.2 Å². The number of hydrogen-bond donors (Lipinski definition) is 3. The molecule has 3 aliphatic rings. The number of H-pyrrole nitrogens is 1. The molecule has 0 saturated carbocycles. The number of piperazine rings is 1. The number of aromatic amines is 1. The molecule has 37 heavy (non-hydrogen) atoms. The van der Waals surface area contributed by atoms with Crippen LogP contribution in [0.5, 0.6) is 0 Å². The average Bonchev–Trinajstić information content (AvgIpc) is 3.47. The van der Waals surface area contributed by atoms with Crippen LogP contribution < -0.4 is 21.0 Å². The molecule has 2 atom stereocenters. The predicted octanol–water partition coefficient (Wildman–Crippen LogP) is 3.76. The summed E-state index contributed by atoms with van der Waals surface area (Å²) in [4.78, 5) is 29.2. The van der Waals surface area contributed by atoms with Crippen molar-refractivity contribution in [2.24, 2.45) is 5.73 Å². The molecule has 2 aromatic carbocycles. The van der Waals surface area contributed by atoms with Crippen LogP contribution in [0.3, 0.4) is 0 Å². The molecule has 1 aliphatic carbocycles. The Labute approximate surface area is 216 Å². The van der Waals surface area contributed by atoms with Gasteiger partial charge in [0, 0.05) is 55.1 Å². The van der Waals surface area contributed by atoms with Gasteiger partial charge in [-0.15, -0.1) is 0 Å². The summed E-state index contributed by atoms with van der Waals surface area (Å²) >= 11 is 0. The first-order valence-corrected chi connectivity index (χ1v) is 13.2. The number of benzene rings is 2. The van der Waals surface area contributed by atoms with Gasteiger partial charge in [-0.05, 0) is 44.9 Å². The van der Waals surface area contributed by atoms with Crippen molar-refractivity contribution in [1.82, 2.24) is 20.5 Å². The maximum Gasteiger partial charge on any atom is 0.334 e. The summed E-state index contributed by atoms with van der Waals surface area (Å²) in [5, 5.41) is 14.6. The molecule has 0 bridgehead atoms. The fraction of sp³-hybridized carbons (Fsp3) is 0.393. The van der Waals surface area contributed by atoms with Gasteiger partial charge in [0.25, 0.3) is 0 Å². The van der Waals surface area contributed by atoms with Crippen LogP contribution in [0, 0.1) is 0 Å². The number of fused-ring (bicyclic) bond motifs is 3. The van der Waals surface area contributed by atoms with E-state index in [0.29, 0.717) is 28.2 Å². The number of anilines is 2. The van der Waals surface area contributed by atoms with Gasteiger partial charge in [-0.1, -0.05) is 30.7 Å².